The van der Waals surface area contributed by atoms with Crippen LogP contribution < -0.4 is 5.32 Å². The van der Waals surface area contributed by atoms with Crippen LogP contribution in [0.4, 0.5) is 0 Å². The Hall–Kier alpha value is -0.910. The first-order valence-electron chi connectivity index (χ1n) is 6.88. The molecule has 2 rings (SSSR count). The SMILES string of the molecule is CN(CCNCc1cc(C(=O)O)cs1)C1CCCC1. The molecule has 1 fully saturated rings. The average molecular weight is 282 g/mol. The monoisotopic (exact) mass is 282 g/mol. The van der Waals surface area contributed by atoms with E-state index in [-0.39, 0.29) is 0 Å². The summed E-state index contributed by atoms with van der Waals surface area (Å²) in [6, 6.07) is 2.52. The predicted octanol–water partition coefficient (Wildman–Crippen LogP) is 2.41. The number of rotatable bonds is 7. The van der Waals surface area contributed by atoms with Crippen LogP contribution in [0.2, 0.25) is 0 Å². The Morgan fingerprint density at radius 1 is 1.53 bits per heavy atom. The molecule has 1 heterocycles. The molecule has 4 nitrogen and oxygen atoms in total. The summed E-state index contributed by atoms with van der Waals surface area (Å²) in [5.41, 5.74) is 0.393. The summed E-state index contributed by atoms with van der Waals surface area (Å²) in [5.74, 6) is -0.844. The van der Waals surface area contributed by atoms with Gasteiger partial charge in [0.25, 0.3) is 0 Å². The van der Waals surface area contributed by atoms with Gasteiger partial charge in [0.15, 0.2) is 0 Å². The zero-order chi connectivity index (χ0) is 13.7. The van der Waals surface area contributed by atoms with Crippen molar-refractivity contribution in [1.29, 1.82) is 0 Å². The molecule has 1 aliphatic rings. The van der Waals surface area contributed by atoms with Crippen LogP contribution >= 0.6 is 11.3 Å². The molecular formula is C14H22N2O2S. The van der Waals surface area contributed by atoms with E-state index < -0.39 is 5.97 Å². The Kier molecular flexibility index (Phi) is 5.36. The van der Waals surface area contributed by atoms with E-state index >= 15 is 0 Å². The van der Waals surface area contributed by atoms with Crippen LogP contribution in [0.3, 0.4) is 0 Å². The minimum Gasteiger partial charge on any atom is -0.478 e. The number of likely N-dealkylation sites (N-methyl/N-ethyl adjacent to an activating group) is 1. The van der Waals surface area contributed by atoms with Crippen molar-refractivity contribution >= 4 is 17.3 Å². The molecule has 106 valence electrons. The van der Waals surface area contributed by atoms with E-state index in [1.165, 1.54) is 37.0 Å². The number of nitrogens with zero attached hydrogens (tertiary/aromatic N) is 1. The van der Waals surface area contributed by atoms with Crippen molar-refractivity contribution in [1.82, 2.24) is 10.2 Å². The first-order chi connectivity index (χ1) is 9.16. The highest BCUT2D eigenvalue weighted by Crippen LogP contribution is 2.21. The molecule has 1 aromatic rings. The number of carbonyl (C=O) groups is 1. The van der Waals surface area contributed by atoms with Crippen molar-refractivity contribution in [3.63, 3.8) is 0 Å². The van der Waals surface area contributed by atoms with Crippen LogP contribution in [0.1, 0.15) is 40.9 Å². The molecule has 0 amide bonds. The smallest absolute Gasteiger partial charge is 0.336 e. The lowest BCUT2D eigenvalue weighted by Gasteiger charge is -2.23. The van der Waals surface area contributed by atoms with Crippen molar-refractivity contribution in [2.75, 3.05) is 20.1 Å². The fourth-order valence-corrected chi connectivity index (χ4v) is 3.41. The molecular weight excluding hydrogens is 260 g/mol. The average Bonchev–Trinajstić information content (AvgIpc) is 3.05. The normalized spacial score (nSPS) is 16.3. The maximum absolute atomic E-state index is 10.8. The van der Waals surface area contributed by atoms with Gasteiger partial charge >= 0.3 is 5.97 Å². The van der Waals surface area contributed by atoms with Crippen molar-refractivity contribution in [3.05, 3.63) is 21.9 Å². The summed E-state index contributed by atoms with van der Waals surface area (Å²) in [7, 11) is 2.20. The molecule has 5 heteroatoms. The number of carboxylic acids is 1. The zero-order valence-electron chi connectivity index (χ0n) is 11.4. The van der Waals surface area contributed by atoms with E-state index in [2.05, 4.69) is 17.3 Å². The van der Waals surface area contributed by atoms with E-state index in [1.54, 1.807) is 11.4 Å². The Bertz CT molecular complexity index is 413. The van der Waals surface area contributed by atoms with Gasteiger partial charge in [-0.2, -0.15) is 0 Å². The number of carboxylic acid groups (broad SMARTS) is 1. The third kappa shape index (κ3) is 4.30. The maximum atomic E-state index is 10.8. The van der Waals surface area contributed by atoms with Gasteiger partial charge in [0, 0.05) is 35.9 Å². The quantitative estimate of drug-likeness (QED) is 0.754. The van der Waals surface area contributed by atoms with Crippen LogP contribution in [-0.4, -0.2) is 42.2 Å². The fraction of sp³-hybridized carbons (Fsp3) is 0.643. The van der Waals surface area contributed by atoms with Crippen LogP contribution in [0, 0.1) is 0 Å². The molecule has 0 atom stereocenters. The Labute approximate surface area is 118 Å². The van der Waals surface area contributed by atoms with Crippen molar-refractivity contribution in [2.24, 2.45) is 0 Å². The van der Waals surface area contributed by atoms with E-state index in [4.69, 9.17) is 5.11 Å². The molecule has 0 spiro atoms. The zero-order valence-corrected chi connectivity index (χ0v) is 12.2. The van der Waals surface area contributed by atoms with Crippen LogP contribution in [0.15, 0.2) is 11.4 Å². The highest BCUT2D eigenvalue weighted by Gasteiger charge is 2.18. The van der Waals surface area contributed by atoms with Gasteiger partial charge in [0.2, 0.25) is 0 Å². The molecule has 0 bridgehead atoms. The lowest BCUT2D eigenvalue weighted by molar-refractivity contribution is 0.0697. The van der Waals surface area contributed by atoms with Gasteiger partial charge in [-0.05, 0) is 26.0 Å². The van der Waals surface area contributed by atoms with E-state index in [0.29, 0.717) is 5.56 Å². The number of hydrogen-bond donors (Lipinski definition) is 2. The highest BCUT2D eigenvalue weighted by molar-refractivity contribution is 7.10. The highest BCUT2D eigenvalue weighted by atomic mass is 32.1. The second-order valence-corrected chi connectivity index (χ2v) is 6.20. The molecule has 19 heavy (non-hydrogen) atoms. The predicted molar refractivity (Wildman–Crippen MR) is 77.9 cm³/mol. The number of thiophene rings is 1. The lowest BCUT2D eigenvalue weighted by atomic mass is 10.2. The summed E-state index contributed by atoms with van der Waals surface area (Å²) < 4.78 is 0. The van der Waals surface area contributed by atoms with Crippen molar-refractivity contribution < 1.29 is 9.90 Å². The van der Waals surface area contributed by atoms with Crippen molar-refractivity contribution in [3.8, 4) is 0 Å². The molecule has 2 N–H and O–H groups in total. The molecule has 0 radical (unpaired) electrons. The van der Waals surface area contributed by atoms with Crippen LogP contribution in [-0.2, 0) is 6.54 Å². The summed E-state index contributed by atoms with van der Waals surface area (Å²) in [6.07, 6.45) is 5.41. The molecule has 0 aromatic carbocycles. The standard InChI is InChI=1S/C14H22N2O2S/c1-16(12-4-2-3-5-12)7-6-15-9-13-8-11(10-19-13)14(17)18/h8,10,12,15H,2-7,9H2,1H3,(H,17,18). The maximum Gasteiger partial charge on any atom is 0.336 e. The lowest BCUT2D eigenvalue weighted by Crippen LogP contribution is -2.35. The third-order valence-electron chi connectivity index (χ3n) is 3.79. The summed E-state index contributed by atoms with van der Waals surface area (Å²) in [6.45, 7) is 2.77. The van der Waals surface area contributed by atoms with Gasteiger partial charge in [0.1, 0.15) is 0 Å². The minimum atomic E-state index is -0.844. The van der Waals surface area contributed by atoms with E-state index in [1.807, 2.05) is 0 Å². The summed E-state index contributed by atoms with van der Waals surface area (Å²) in [5, 5.41) is 13.9. The van der Waals surface area contributed by atoms with Gasteiger partial charge in [-0.15, -0.1) is 11.3 Å². The molecule has 1 aliphatic carbocycles. The second kappa shape index (κ2) is 7.03. The Morgan fingerprint density at radius 3 is 2.89 bits per heavy atom. The Balaban J connectivity index is 1.64. The van der Waals surface area contributed by atoms with Gasteiger partial charge in [-0.3, -0.25) is 0 Å². The topological polar surface area (TPSA) is 52.6 Å². The number of aromatic carboxylic acids is 1. The molecule has 1 aromatic heterocycles. The summed E-state index contributed by atoms with van der Waals surface area (Å²) >= 11 is 1.51. The number of hydrogen-bond acceptors (Lipinski definition) is 4. The Morgan fingerprint density at radius 2 is 2.26 bits per heavy atom. The van der Waals surface area contributed by atoms with Gasteiger partial charge in [-0.1, -0.05) is 12.8 Å². The third-order valence-corrected chi connectivity index (χ3v) is 4.73. The largest absolute Gasteiger partial charge is 0.478 e. The first kappa shape index (κ1) is 14.5. The summed E-state index contributed by atoms with van der Waals surface area (Å²) in [4.78, 5) is 14.3. The second-order valence-electron chi connectivity index (χ2n) is 5.20. The fourth-order valence-electron chi connectivity index (χ4n) is 2.58. The minimum absolute atomic E-state index is 0.393. The molecule has 1 saturated carbocycles. The van der Waals surface area contributed by atoms with E-state index in [0.717, 1.165) is 30.6 Å². The van der Waals surface area contributed by atoms with Crippen LogP contribution in [0.5, 0.6) is 0 Å². The van der Waals surface area contributed by atoms with Gasteiger partial charge in [-0.25, -0.2) is 4.79 Å². The van der Waals surface area contributed by atoms with Crippen molar-refractivity contribution in [2.45, 2.75) is 38.3 Å². The molecule has 0 aliphatic heterocycles. The molecule has 0 unspecified atom stereocenters. The van der Waals surface area contributed by atoms with Crippen LogP contribution in [0.25, 0.3) is 0 Å². The number of nitrogens with one attached hydrogen (secondary N) is 1. The van der Waals surface area contributed by atoms with Gasteiger partial charge < -0.3 is 15.3 Å². The van der Waals surface area contributed by atoms with Gasteiger partial charge in [0.05, 0.1) is 5.56 Å². The van der Waals surface area contributed by atoms with E-state index in [9.17, 15) is 4.79 Å². The molecule has 0 saturated heterocycles. The first-order valence-corrected chi connectivity index (χ1v) is 7.76.